The van der Waals surface area contributed by atoms with Crippen molar-refractivity contribution in [3.8, 4) is 0 Å². The van der Waals surface area contributed by atoms with Crippen LogP contribution in [0, 0.1) is 10.8 Å². The molecule has 2 aliphatic carbocycles. The highest BCUT2D eigenvalue weighted by atomic mass is 16.8. The van der Waals surface area contributed by atoms with Crippen LogP contribution in [0.4, 0.5) is 9.59 Å². The lowest BCUT2D eigenvalue weighted by molar-refractivity contribution is -0.131. The van der Waals surface area contributed by atoms with Crippen molar-refractivity contribution in [3.63, 3.8) is 0 Å². The van der Waals surface area contributed by atoms with Crippen molar-refractivity contribution in [2.75, 3.05) is 0 Å². The van der Waals surface area contributed by atoms with Crippen LogP contribution in [0.3, 0.4) is 0 Å². The van der Waals surface area contributed by atoms with Crippen molar-refractivity contribution in [3.05, 3.63) is 0 Å². The Morgan fingerprint density at radius 1 is 0.593 bits per heavy atom. The Morgan fingerprint density at radius 2 is 0.889 bits per heavy atom. The second kappa shape index (κ2) is 8.00. The summed E-state index contributed by atoms with van der Waals surface area (Å²) in [5.74, 6) is 0. The Labute approximate surface area is 164 Å². The van der Waals surface area contributed by atoms with Crippen LogP contribution in [0.15, 0.2) is 0 Å². The molecule has 0 saturated heterocycles. The fourth-order valence-corrected chi connectivity index (χ4v) is 4.68. The quantitative estimate of drug-likeness (QED) is 0.389. The summed E-state index contributed by atoms with van der Waals surface area (Å²) in [6.07, 6.45) is 7.68. The minimum absolute atomic E-state index is 0.216. The summed E-state index contributed by atoms with van der Waals surface area (Å²) in [6, 6.07) is 0. The molecule has 2 aliphatic rings. The Kier molecular flexibility index (Phi) is 6.53. The number of hydrogen-bond acceptors (Lipinski definition) is 5. The normalized spacial score (nSPS) is 22.6. The lowest BCUT2D eigenvalue weighted by Crippen LogP contribution is -2.50. The fourth-order valence-electron chi connectivity index (χ4n) is 4.68. The highest BCUT2D eigenvalue weighted by molar-refractivity contribution is 5.77. The van der Waals surface area contributed by atoms with Gasteiger partial charge in [-0.3, -0.25) is 0 Å². The van der Waals surface area contributed by atoms with E-state index in [0.717, 1.165) is 64.2 Å². The zero-order chi connectivity index (χ0) is 20.3. The molecular formula is C22H38O5. The van der Waals surface area contributed by atoms with Gasteiger partial charge in [0.2, 0.25) is 0 Å². The molecule has 0 aromatic rings. The van der Waals surface area contributed by atoms with Gasteiger partial charge in [-0.05, 0) is 51.4 Å². The van der Waals surface area contributed by atoms with Gasteiger partial charge < -0.3 is 14.2 Å². The first-order chi connectivity index (χ1) is 12.4. The third kappa shape index (κ3) is 4.97. The van der Waals surface area contributed by atoms with Crippen LogP contribution in [0.25, 0.3) is 0 Å². The first-order valence-corrected chi connectivity index (χ1v) is 10.5. The minimum Gasteiger partial charge on any atom is -0.427 e. The van der Waals surface area contributed by atoms with Crippen molar-refractivity contribution in [1.82, 2.24) is 0 Å². The maximum Gasteiger partial charge on any atom is 0.519 e. The third-order valence-corrected chi connectivity index (χ3v) is 6.78. The molecule has 0 N–H and O–H groups in total. The molecule has 2 fully saturated rings. The molecule has 2 saturated carbocycles. The predicted molar refractivity (Wildman–Crippen MR) is 105 cm³/mol. The van der Waals surface area contributed by atoms with Gasteiger partial charge in [0.15, 0.2) is 0 Å². The molecule has 0 amide bonds. The van der Waals surface area contributed by atoms with Crippen LogP contribution in [-0.2, 0) is 14.2 Å². The Morgan fingerprint density at radius 3 is 1.15 bits per heavy atom. The van der Waals surface area contributed by atoms with Crippen LogP contribution >= 0.6 is 0 Å². The predicted octanol–water partition coefficient (Wildman–Crippen LogP) is 6.77. The molecule has 0 spiro atoms. The minimum atomic E-state index is -0.934. The number of hydrogen-bond donors (Lipinski definition) is 0. The van der Waals surface area contributed by atoms with E-state index in [0.29, 0.717) is 0 Å². The Balaban J connectivity index is 2.03. The summed E-state index contributed by atoms with van der Waals surface area (Å²) in [5, 5.41) is 0. The van der Waals surface area contributed by atoms with E-state index >= 15 is 0 Å². The molecule has 27 heavy (non-hydrogen) atoms. The Hall–Kier alpha value is -1.26. The zero-order valence-corrected chi connectivity index (χ0v) is 18.1. The lowest BCUT2D eigenvalue weighted by Gasteiger charge is -2.46. The lowest BCUT2D eigenvalue weighted by atomic mass is 9.68. The average Bonchev–Trinajstić information content (AvgIpc) is 2.54. The molecule has 2 rings (SSSR count). The number of ether oxygens (including phenoxy) is 3. The van der Waals surface area contributed by atoms with E-state index in [-0.39, 0.29) is 10.8 Å². The van der Waals surface area contributed by atoms with E-state index < -0.39 is 23.5 Å². The van der Waals surface area contributed by atoms with Gasteiger partial charge in [0, 0.05) is 10.8 Å². The maximum atomic E-state index is 12.4. The second-order valence-corrected chi connectivity index (χ2v) is 10.4. The molecule has 0 aromatic heterocycles. The molecule has 0 unspecified atom stereocenters. The number of rotatable bonds is 2. The SMILES string of the molecule is CC(C)(C)C1(OC(=O)OC(=O)OC2(C(C)(C)C)CCCCC2)CCCCC1. The van der Waals surface area contributed by atoms with Crippen LogP contribution in [-0.4, -0.2) is 23.5 Å². The fraction of sp³-hybridized carbons (Fsp3) is 0.909. The highest BCUT2D eigenvalue weighted by Gasteiger charge is 2.49. The molecule has 0 heterocycles. The molecule has 5 nitrogen and oxygen atoms in total. The van der Waals surface area contributed by atoms with Gasteiger partial charge in [0.05, 0.1) is 0 Å². The van der Waals surface area contributed by atoms with Gasteiger partial charge in [-0.15, -0.1) is 0 Å². The topological polar surface area (TPSA) is 61.8 Å². The van der Waals surface area contributed by atoms with Crippen molar-refractivity contribution in [2.45, 2.75) is 117 Å². The van der Waals surface area contributed by atoms with Crippen molar-refractivity contribution in [2.24, 2.45) is 10.8 Å². The van der Waals surface area contributed by atoms with E-state index in [1.165, 1.54) is 0 Å². The van der Waals surface area contributed by atoms with Crippen LogP contribution in [0.5, 0.6) is 0 Å². The van der Waals surface area contributed by atoms with Gasteiger partial charge in [-0.25, -0.2) is 9.59 Å². The second-order valence-electron chi connectivity index (χ2n) is 10.4. The van der Waals surface area contributed by atoms with Crippen molar-refractivity contribution in [1.29, 1.82) is 0 Å². The standard InChI is InChI=1S/C22H38O5/c1-19(2,3)21(13-9-7-10-14-21)26-17(23)25-18(24)27-22(20(4,5)6)15-11-8-12-16-22/h7-16H2,1-6H3. The summed E-state index contributed by atoms with van der Waals surface area (Å²) in [7, 11) is 0. The van der Waals surface area contributed by atoms with E-state index in [1.807, 2.05) is 0 Å². The highest BCUT2D eigenvalue weighted by Crippen LogP contribution is 2.46. The van der Waals surface area contributed by atoms with Crippen LogP contribution < -0.4 is 0 Å². The molecular weight excluding hydrogens is 344 g/mol. The Bertz CT molecular complexity index is 478. The zero-order valence-electron chi connectivity index (χ0n) is 18.1. The van der Waals surface area contributed by atoms with Gasteiger partial charge in [0.25, 0.3) is 0 Å². The summed E-state index contributed by atoms with van der Waals surface area (Å²) in [5.41, 5.74) is -1.61. The number of carbonyl (C=O) groups excluding carboxylic acids is 2. The molecule has 0 atom stereocenters. The first-order valence-electron chi connectivity index (χ1n) is 10.5. The summed E-state index contributed by atoms with van der Waals surface area (Å²) < 4.78 is 16.5. The summed E-state index contributed by atoms with van der Waals surface area (Å²) >= 11 is 0. The smallest absolute Gasteiger partial charge is 0.427 e. The third-order valence-electron chi connectivity index (χ3n) is 6.78. The van der Waals surface area contributed by atoms with Gasteiger partial charge >= 0.3 is 12.3 Å². The van der Waals surface area contributed by atoms with Gasteiger partial charge in [-0.1, -0.05) is 54.4 Å². The van der Waals surface area contributed by atoms with Gasteiger partial charge in [-0.2, -0.15) is 0 Å². The molecule has 0 radical (unpaired) electrons. The molecule has 0 aliphatic heterocycles. The first kappa shape index (κ1) is 22.0. The van der Waals surface area contributed by atoms with Crippen molar-refractivity contribution >= 4 is 12.3 Å². The van der Waals surface area contributed by atoms with Gasteiger partial charge in [0.1, 0.15) is 11.2 Å². The largest absolute Gasteiger partial charge is 0.519 e. The maximum absolute atomic E-state index is 12.4. The van der Waals surface area contributed by atoms with E-state index in [2.05, 4.69) is 41.5 Å². The van der Waals surface area contributed by atoms with E-state index in [1.54, 1.807) is 0 Å². The summed E-state index contributed by atoms with van der Waals surface area (Å²) in [4.78, 5) is 24.8. The molecule has 5 heteroatoms. The van der Waals surface area contributed by atoms with E-state index in [4.69, 9.17) is 14.2 Å². The molecule has 0 bridgehead atoms. The average molecular weight is 383 g/mol. The van der Waals surface area contributed by atoms with Crippen LogP contribution in [0.2, 0.25) is 0 Å². The molecule has 156 valence electrons. The van der Waals surface area contributed by atoms with Crippen LogP contribution in [0.1, 0.15) is 106 Å². The monoisotopic (exact) mass is 382 g/mol. The summed E-state index contributed by atoms with van der Waals surface area (Å²) in [6.45, 7) is 12.4. The molecule has 0 aromatic carbocycles. The van der Waals surface area contributed by atoms with E-state index in [9.17, 15) is 9.59 Å². The van der Waals surface area contributed by atoms with Crippen molar-refractivity contribution < 1.29 is 23.8 Å². The number of carbonyl (C=O) groups is 2.